The van der Waals surface area contributed by atoms with E-state index >= 15 is 0 Å². The molecule has 1 heterocycles. The maximum Gasteiger partial charge on any atom is 0.416 e. The number of carbonyl (C=O) groups excluding carboxylic acids is 3. The van der Waals surface area contributed by atoms with Gasteiger partial charge in [-0.15, -0.1) is 0 Å². The Morgan fingerprint density at radius 2 is 1.88 bits per heavy atom. The van der Waals surface area contributed by atoms with Gasteiger partial charge in [-0.3, -0.25) is 19.3 Å². The summed E-state index contributed by atoms with van der Waals surface area (Å²) in [7, 11) is 0. The van der Waals surface area contributed by atoms with E-state index in [4.69, 9.17) is 0 Å². The molecule has 1 aromatic carbocycles. The van der Waals surface area contributed by atoms with Gasteiger partial charge in [0.1, 0.15) is 6.04 Å². The summed E-state index contributed by atoms with van der Waals surface area (Å²) in [6, 6.07) is 3.44. The van der Waals surface area contributed by atoms with Crippen LogP contribution >= 0.6 is 0 Å². The maximum absolute atomic E-state index is 12.5. The molecule has 0 saturated carbocycles. The Morgan fingerprint density at radius 1 is 1.29 bits per heavy atom. The molecule has 1 aromatic rings. The van der Waals surface area contributed by atoms with Gasteiger partial charge in [0.15, 0.2) is 0 Å². The molecule has 0 radical (unpaired) electrons. The highest BCUT2D eigenvalue weighted by molar-refractivity contribution is 6.06. The van der Waals surface area contributed by atoms with Crippen molar-refractivity contribution in [2.75, 3.05) is 0 Å². The third-order valence-electron chi connectivity index (χ3n) is 3.92. The fourth-order valence-electron chi connectivity index (χ4n) is 2.48. The lowest BCUT2D eigenvalue weighted by molar-refractivity contribution is -0.146. The van der Waals surface area contributed by atoms with E-state index in [0.717, 1.165) is 17.0 Å². The van der Waals surface area contributed by atoms with Gasteiger partial charge in [0, 0.05) is 18.9 Å². The third-order valence-corrected chi connectivity index (χ3v) is 3.92. The molecule has 1 aliphatic rings. The molecule has 1 fully saturated rings. The van der Waals surface area contributed by atoms with Gasteiger partial charge in [-0.25, -0.2) is 0 Å². The molecule has 5 nitrogen and oxygen atoms in total. The summed E-state index contributed by atoms with van der Waals surface area (Å²) in [5.41, 5.74) is -0.288. The lowest BCUT2D eigenvalue weighted by atomic mass is 10.1. The Morgan fingerprint density at radius 3 is 2.33 bits per heavy atom. The SMILES string of the molecule is CC1CC(=O)N(C(C)C(=O)NCc2ccc(C(F)(F)F)cc2)C1=O. The molecule has 0 aliphatic carbocycles. The third kappa shape index (κ3) is 3.74. The van der Waals surface area contributed by atoms with Crippen molar-refractivity contribution in [2.45, 2.75) is 39.0 Å². The number of carbonyl (C=O) groups is 3. The minimum atomic E-state index is -4.41. The standard InChI is InChI=1S/C16H17F3N2O3/c1-9-7-13(22)21(15(9)24)10(2)14(23)20-8-11-3-5-12(6-4-11)16(17,18)19/h3-6,9-10H,7-8H2,1-2H3,(H,20,23). The van der Waals surface area contributed by atoms with Crippen molar-refractivity contribution in [3.63, 3.8) is 0 Å². The molecule has 0 bridgehead atoms. The van der Waals surface area contributed by atoms with E-state index < -0.39 is 41.4 Å². The molecule has 1 saturated heterocycles. The molecular formula is C16H17F3N2O3. The molecule has 2 unspecified atom stereocenters. The van der Waals surface area contributed by atoms with E-state index in [2.05, 4.69) is 5.32 Å². The number of nitrogens with zero attached hydrogens (tertiary/aromatic N) is 1. The van der Waals surface area contributed by atoms with Crippen LogP contribution in [-0.2, 0) is 27.1 Å². The van der Waals surface area contributed by atoms with E-state index in [-0.39, 0.29) is 13.0 Å². The fourth-order valence-corrected chi connectivity index (χ4v) is 2.48. The number of halogens is 3. The number of rotatable bonds is 4. The number of likely N-dealkylation sites (tertiary alicyclic amines) is 1. The zero-order chi connectivity index (χ0) is 18.1. The fraction of sp³-hybridized carbons (Fsp3) is 0.438. The van der Waals surface area contributed by atoms with Gasteiger partial charge in [-0.05, 0) is 24.6 Å². The lowest BCUT2D eigenvalue weighted by Gasteiger charge is -2.22. The molecule has 0 spiro atoms. The second-order valence-electron chi connectivity index (χ2n) is 5.80. The Bertz CT molecular complexity index is 656. The highest BCUT2D eigenvalue weighted by atomic mass is 19.4. The first kappa shape index (κ1) is 18.0. The highest BCUT2D eigenvalue weighted by Crippen LogP contribution is 2.29. The number of benzene rings is 1. The van der Waals surface area contributed by atoms with Gasteiger partial charge < -0.3 is 5.32 Å². The van der Waals surface area contributed by atoms with Crippen LogP contribution in [0.5, 0.6) is 0 Å². The van der Waals surface area contributed by atoms with Gasteiger partial charge in [0.25, 0.3) is 0 Å². The smallest absolute Gasteiger partial charge is 0.350 e. The summed E-state index contributed by atoms with van der Waals surface area (Å²) < 4.78 is 37.4. The molecule has 1 aliphatic heterocycles. The number of hydrogen-bond donors (Lipinski definition) is 1. The molecule has 0 aromatic heterocycles. The van der Waals surface area contributed by atoms with Crippen LogP contribution in [0.15, 0.2) is 24.3 Å². The van der Waals surface area contributed by atoms with Crippen LogP contribution in [0.2, 0.25) is 0 Å². The monoisotopic (exact) mass is 342 g/mol. The quantitative estimate of drug-likeness (QED) is 0.852. The maximum atomic E-state index is 12.5. The lowest BCUT2D eigenvalue weighted by Crippen LogP contribution is -2.47. The highest BCUT2D eigenvalue weighted by Gasteiger charge is 2.40. The molecule has 1 N–H and O–H groups in total. The summed E-state index contributed by atoms with van der Waals surface area (Å²) in [5, 5.41) is 2.52. The minimum Gasteiger partial charge on any atom is -0.350 e. The molecule has 3 amide bonds. The Labute approximate surface area is 136 Å². The van der Waals surface area contributed by atoms with Crippen molar-refractivity contribution in [1.82, 2.24) is 10.2 Å². The van der Waals surface area contributed by atoms with Crippen molar-refractivity contribution >= 4 is 17.7 Å². The van der Waals surface area contributed by atoms with Gasteiger partial charge in [0.2, 0.25) is 17.7 Å². The first-order chi connectivity index (χ1) is 11.1. The Balaban J connectivity index is 1.95. The van der Waals surface area contributed by atoms with Crippen molar-refractivity contribution in [3.8, 4) is 0 Å². The summed E-state index contributed by atoms with van der Waals surface area (Å²) in [5.74, 6) is -1.77. The molecule has 8 heteroatoms. The number of hydrogen-bond acceptors (Lipinski definition) is 3. The Kier molecular flexibility index (Phi) is 4.96. The summed E-state index contributed by atoms with van der Waals surface area (Å²) in [6.07, 6.45) is -4.33. The summed E-state index contributed by atoms with van der Waals surface area (Å²) >= 11 is 0. The number of amides is 3. The van der Waals surface area contributed by atoms with Crippen LogP contribution in [0, 0.1) is 5.92 Å². The van der Waals surface area contributed by atoms with Crippen LogP contribution in [0.1, 0.15) is 31.4 Å². The number of nitrogens with one attached hydrogen (secondary N) is 1. The first-order valence-electron chi connectivity index (χ1n) is 7.41. The predicted molar refractivity (Wildman–Crippen MR) is 78.4 cm³/mol. The largest absolute Gasteiger partial charge is 0.416 e. The van der Waals surface area contributed by atoms with Gasteiger partial charge in [-0.1, -0.05) is 19.1 Å². The molecular weight excluding hydrogens is 325 g/mol. The van der Waals surface area contributed by atoms with Crippen molar-refractivity contribution < 1.29 is 27.6 Å². The molecule has 2 rings (SSSR count). The minimum absolute atomic E-state index is 0.00703. The van der Waals surface area contributed by atoms with Crippen molar-refractivity contribution in [1.29, 1.82) is 0 Å². The average Bonchev–Trinajstić information content (AvgIpc) is 2.76. The average molecular weight is 342 g/mol. The van der Waals surface area contributed by atoms with Crippen LogP contribution in [0.4, 0.5) is 13.2 Å². The van der Waals surface area contributed by atoms with Crippen molar-refractivity contribution in [3.05, 3.63) is 35.4 Å². The molecule has 130 valence electrons. The number of imide groups is 1. The van der Waals surface area contributed by atoms with Gasteiger partial charge in [-0.2, -0.15) is 13.2 Å². The Hall–Kier alpha value is -2.38. The predicted octanol–water partition coefficient (Wildman–Crippen LogP) is 2.11. The molecule has 24 heavy (non-hydrogen) atoms. The van der Waals surface area contributed by atoms with E-state index in [1.54, 1.807) is 6.92 Å². The van der Waals surface area contributed by atoms with Gasteiger partial charge in [0.05, 0.1) is 5.56 Å². The van der Waals surface area contributed by atoms with Crippen LogP contribution in [0.25, 0.3) is 0 Å². The summed E-state index contributed by atoms with van der Waals surface area (Å²) in [4.78, 5) is 36.7. The van der Waals surface area contributed by atoms with E-state index in [9.17, 15) is 27.6 Å². The van der Waals surface area contributed by atoms with Gasteiger partial charge >= 0.3 is 6.18 Å². The second-order valence-corrected chi connectivity index (χ2v) is 5.80. The van der Waals surface area contributed by atoms with Crippen LogP contribution in [0.3, 0.4) is 0 Å². The van der Waals surface area contributed by atoms with Crippen molar-refractivity contribution in [2.24, 2.45) is 5.92 Å². The van der Waals surface area contributed by atoms with Crippen LogP contribution < -0.4 is 5.32 Å². The van der Waals surface area contributed by atoms with E-state index in [0.29, 0.717) is 5.56 Å². The topological polar surface area (TPSA) is 66.5 Å². The zero-order valence-electron chi connectivity index (χ0n) is 13.2. The van der Waals surface area contributed by atoms with Crippen LogP contribution in [-0.4, -0.2) is 28.7 Å². The zero-order valence-corrected chi connectivity index (χ0v) is 13.2. The summed E-state index contributed by atoms with van der Waals surface area (Å²) in [6.45, 7) is 3.07. The number of alkyl halides is 3. The van der Waals surface area contributed by atoms with E-state index in [1.807, 2.05) is 0 Å². The first-order valence-corrected chi connectivity index (χ1v) is 7.41. The second kappa shape index (κ2) is 6.62. The van der Waals surface area contributed by atoms with E-state index in [1.165, 1.54) is 19.1 Å². The normalized spacial score (nSPS) is 19.5. The molecule has 2 atom stereocenters.